The molecule has 0 saturated carbocycles. The molecule has 0 aromatic carbocycles. The normalized spacial score (nSPS) is 10.9. The van der Waals surface area contributed by atoms with Gasteiger partial charge in [0.25, 0.3) is 0 Å². The standard InChI is InChI=1S/C13H25N3O/c1-11(2)6-8-15-13(17)10-16(12(3)4)9-5-7-14/h11-12H,5-6,8-10H2,1-4H3,(H,15,17). The molecule has 0 saturated heterocycles. The highest BCUT2D eigenvalue weighted by molar-refractivity contribution is 5.78. The fraction of sp³-hybridized carbons (Fsp3) is 0.846. The van der Waals surface area contributed by atoms with Gasteiger partial charge in [-0.2, -0.15) is 5.26 Å². The SMILES string of the molecule is CC(C)CCNC(=O)CN(CCC#N)C(C)C. The summed E-state index contributed by atoms with van der Waals surface area (Å²) in [4.78, 5) is 13.7. The van der Waals surface area contributed by atoms with Crippen LogP contribution in [-0.4, -0.2) is 36.5 Å². The molecule has 1 amide bonds. The van der Waals surface area contributed by atoms with Gasteiger partial charge >= 0.3 is 0 Å². The average molecular weight is 239 g/mol. The second-order valence-corrected chi connectivity index (χ2v) is 5.00. The van der Waals surface area contributed by atoms with E-state index in [0.717, 1.165) is 13.0 Å². The fourth-order valence-corrected chi connectivity index (χ4v) is 1.45. The summed E-state index contributed by atoms with van der Waals surface area (Å²) in [6, 6.07) is 2.40. The van der Waals surface area contributed by atoms with E-state index in [1.54, 1.807) is 0 Å². The van der Waals surface area contributed by atoms with E-state index in [-0.39, 0.29) is 5.91 Å². The van der Waals surface area contributed by atoms with E-state index in [1.807, 2.05) is 18.7 Å². The molecule has 0 spiro atoms. The molecule has 0 aliphatic heterocycles. The summed E-state index contributed by atoms with van der Waals surface area (Å²) in [5, 5.41) is 11.5. The lowest BCUT2D eigenvalue weighted by Gasteiger charge is -2.24. The summed E-state index contributed by atoms with van der Waals surface area (Å²) in [7, 11) is 0. The Morgan fingerprint density at radius 1 is 1.35 bits per heavy atom. The number of nitrogens with one attached hydrogen (secondary N) is 1. The van der Waals surface area contributed by atoms with Gasteiger partial charge in [-0.15, -0.1) is 0 Å². The van der Waals surface area contributed by atoms with Gasteiger partial charge in [-0.3, -0.25) is 9.69 Å². The Kier molecular flexibility index (Phi) is 8.43. The van der Waals surface area contributed by atoms with Crippen molar-refractivity contribution < 1.29 is 4.79 Å². The number of amides is 1. The van der Waals surface area contributed by atoms with E-state index in [2.05, 4.69) is 25.2 Å². The third-order valence-corrected chi connectivity index (χ3v) is 2.63. The van der Waals surface area contributed by atoms with Crippen LogP contribution in [0.15, 0.2) is 0 Å². The molecule has 0 aliphatic rings. The molecule has 0 heterocycles. The van der Waals surface area contributed by atoms with Crippen LogP contribution in [0, 0.1) is 17.2 Å². The summed E-state index contributed by atoms with van der Waals surface area (Å²) in [5.41, 5.74) is 0. The van der Waals surface area contributed by atoms with Gasteiger partial charge < -0.3 is 5.32 Å². The summed E-state index contributed by atoms with van der Waals surface area (Å²) in [6.07, 6.45) is 1.48. The van der Waals surface area contributed by atoms with E-state index in [4.69, 9.17) is 5.26 Å². The molecule has 17 heavy (non-hydrogen) atoms. The zero-order chi connectivity index (χ0) is 13.3. The van der Waals surface area contributed by atoms with Crippen LogP contribution in [0.2, 0.25) is 0 Å². The third-order valence-electron chi connectivity index (χ3n) is 2.63. The molecule has 4 heteroatoms. The monoisotopic (exact) mass is 239 g/mol. The lowest BCUT2D eigenvalue weighted by Crippen LogP contribution is -2.41. The molecule has 0 aromatic rings. The van der Waals surface area contributed by atoms with Crippen LogP contribution in [-0.2, 0) is 4.79 Å². The maximum atomic E-state index is 11.7. The van der Waals surface area contributed by atoms with Crippen LogP contribution in [0.5, 0.6) is 0 Å². The molecular formula is C13H25N3O. The van der Waals surface area contributed by atoms with Gasteiger partial charge in [0.1, 0.15) is 0 Å². The van der Waals surface area contributed by atoms with Crippen molar-refractivity contribution in [1.29, 1.82) is 5.26 Å². The van der Waals surface area contributed by atoms with E-state index in [9.17, 15) is 4.79 Å². The van der Waals surface area contributed by atoms with Crippen molar-refractivity contribution in [2.45, 2.75) is 46.6 Å². The Hall–Kier alpha value is -1.08. The molecule has 4 nitrogen and oxygen atoms in total. The Morgan fingerprint density at radius 3 is 2.47 bits per heavy atom. The molecule has 0 radical (unpaired) electrons. The number of carbonyl (C=O) groups is 1. The average Bonchev–Trinajstić information content (AvgIpc) is 2.23. The number of carbonyl (C=O) groups excluding carboxylic acids is 1. The van der Waals surface area contributed by atoms with Gasteiger partial charge in [-0.05, 0) is 26.2 Å². The van der Waals surface area contributed by atoms with Gasteiger partial charge in [0.2, 0.25) is 5.91 Å². The van der Waals surface area contributed by atoms with Crippen LogP contribution < -0.4 is 5.32 Å². The predicted octanol–water partition coefficient (Wildman–Crippen LogP) is 1.77. The molecular weight excluding hydrogens is 214 g/mol. The highest BCUT2D eigenvalue weighted by Gasteiger charge is 2.13. The van der Waals surface area contributed by atoms with Crippen molar-refractivity contribution in [3.05, 3.63) is 0 Å². The van der Waals surface area contributed by atoms with Crippen molar-refractivity contribution in [1.82, 2.24) is 10.2 Å². The second-order valence-electron chi connectivity index (χ2n) is 5.00. The first kappa shape index (κ1) is 15.9. The van der Waals surface area contributed by atoms with Crippen molar-refractivity contribution in [2.24, 2.45) is 5.92 Å². The summed E-state index contributed by atoms with van der Waals surface area (Å²) >= 11 is 0. The summed E-state index contributed by atoms with van der Waals surface area (Å²) < 4.78 is 0. The molecule has 1 N–H and O–H groups in total. The highest BCUT2D eigenvalue weighted by Crippen LogP contribution is 2.00. The topological polar surface area (TPSA) is 56.1 Å². The van der Waals surface area contributed by atoms with Crippen molar-refractivity contribution in [3.63, 3.8) is 0 Å². The Morgan fingerprint density at radius 2 is 2.00 bits per heavy atom. The van der Waals surface area contributed by atoms with Crippen molar-refractivity contribution in [2.75, 3.05) is 19.6 Å². The first-order valence-corrected chi connectivity index (χ1v) is 6.35. The zero-order valence-corrected chi connectivity index (χ0v) is 11.5. The third kappa shape index (κ3) is 8.70. The smallest absolute Gasteiger partial charge is 0.234 e. The van der Waals surface area contributed by atoms with Gasteiger partial charge in [0.05, 0.1) is 12.6 Å². The van der Waals surface area contributed by atoms with Crippen LogP contribution >= 0.6 is 0 Å². The first-order chi connectivity index (χ1) is 7.97. The van der Waals surface area contributed by atoms with Gasteiger partial charge in [-0.1, -0.05) is 13.8 Å². The van der Waals surface area contributed by atoms with Crippen LogP contribution in [0.4, 0.5) is 0 Å². The lowest BCUT2D eigenvalue weighted by molar-refractivity contribution is -0.122. The molecule has 0 rings (SSSR count). The number of hydrogen-bond donors (Lipinski definition) is 1. The Bertz CT molecular complexity index is 256. The van der Waals surface area contributed by atoms with Crippen molar-refractivity contribution >= 4 is 5.91 Å². The van der Waals surface area contributed by atoms with Crippen LogP contribution in [0.3, 0.4) is 0 Å². The van der Waals surface area contributed by atoms with Crippen molar-refractivity contribution in [3.8, 4) is 6.07 Å². The summed E-state index contributed by atoms with van der Waals surface area (Å²) in [5.74, 6) is 0.660. The van der Waals surface area contributed by atoms with Gasteiger partial charge in [0, 0.05) is 25.6 Å². The minimum absolute atomic E-state index is 0.0530. The van der Waals surface area contributed by atoms with E-state index in [0.29, 0.717) is 31.5 Å². The molecule has 0 fully saturated rings. The minimum atomic E-state index is 0.0530. The van der Waals surface area contributed by atoms with E-state index >= 15 is 0 Å². The number of rotatable bonds is 8. The highest BCUT2D eigenvalue weighted by atomic mass is 16.2. The van der Waals surface area contributed by atoms with E-state index in [1.165, 1.54) is 0 Å². The Labute approximate surface area is 105 Å². The quantitative estimate of drug-likeness (QED) is 0.702. The van der Waals surface area contributed by atoms with E-state index < -0.39 is 0 Å². The number of nitriles is 1. The van der Waals surface area contributed by atoms with Gasteiger partial charge in [-0.25, -0.2) is 0 Å². The molecule has 98 valence electrons. The lowest BCUT2D eigenvalue weighted by atomic mass is 10.1. The Balaban J connectivity index is 3.92. The predicted molar refractivity (Wildman–Crippen MR) is 69.4 cm³/mol. The molecule has 0 aromatic heterocycles. The largest absolute Gasteiger partial charge is 0.355 e. The molecule has 0 unspecified atom stereocenters. The van der Waals surface area contributed by atoms with Crippen LogP contribution in [0.1, 0.15) is 40.5 Å². The maximum Gasteiger partial charge on any atom is 0.234 e. The molecule has 0 aliphatic carbocycles. The minimum Gasteiger partial charge on any atom is -0.355 e. The van der Waals surface area contributed by atoms with Crippen LogP contribution in [0.25, 0.3) is 0 Å². The first-order valence-electron chi connectivity index (χ1n) is 6.35. The second kappa shape index (κ2) is 9.00. The summed E-state index contributed by atoms with van der Waals surface area (Å²) in [6.45, 7) is 10.1. The maximum absolute atomic E-state index is 11.7. The number of nitrogens with zero attached hydrogens (tertiary/aromatic N) is 2. The van der Waals surface area contributed by atoms with Gasteiger partial charge in [0.15, 0.2) is 0 Å². The number of hydrogen-bond acceptors (Lipinski definition) is 3. The molecule has 0 atom stereocenters. The fourth-order valence-electron chi connectivity index (χ4n) is 1.45. The zero-order valence-electron chi connectivity index (χ0n) is 11.5. The molecule has 0 bridgehead atoms.